The summed E-state index contributed by atoms with van der Waals surface area (Å²) in [5.74, 6) is 0. The van der Waals surface area contributed by atoms with Gasteiger partial charge < -0.3 is 0 Å². The molecule has 0 atom stereocenters. The molecule has 0 spiro atoms. The summed E-state index contributed by atoms with van der Waals surface area (Å²) in [7, 11) is -0.510. The molecular formula is C30H39N3P2. The summed E-state index contributed by atoms with van der Waals surface area (Å²) in [6, 6.07) is 33.1. The van der Waals surface area contributed by atoms with Crippen LogP contribution in [0.15, 0.2) is 91.0 Å². The van der Waals surface area contributed by atoms with E-state index in [9.17, 15) is 0 Å². The van der Waals surface area contributed by atoms with Gasteiger partial charge in [0.05, 0.1) is 8.22 Å². The van der Waals surface area contributed by atoms with Gasteiger partial charge in [-0.1, -0.05) is 91.0 Å². The number of benzene rings is 3. The molecule has 0 radical (unpaired) electrons. The first-order chi connectivity index (χ1) is 17.4. The first kappa shape index (κ1) is 25.1. The summed E-state index contributed by atoms with van der Waals surface area (Å²) < 4.78 is 8.13. The highest BCUT2D eigenvalue weighted by Crippen LogP contribution is 2.47. The van der Waals surface area contributed by atoms with Gasteiger partial charge >= 0.3 is 0 Å². The fourth-order valence-electron chi connectivity index (χ4n) is 5.36. The Balaban J connectivity index is 0.000000145. The average Bonchev–Trinajstić information content (AvgIpc) is 3.72. The summed E-state index contributed by atoms with van der Waals surface area (Å²) in [4.78, 5) is 0. The van der Waals surface area contributed by atoms with Crippen molar-refractivity contribution in [1.29, 1.82) is 0 Å². The van der Waals surface area contributed by atoms with Gasteiger partial charge in [-0.25, -0.2) is 0 Å². The lowest BCUT2D eigenvalue weighted by atomic mass is 10.4. The Kier molecular flexibility index (Phi) is 9.38. The van der Waals surface area contributed by atoms with Gasteiger partial charge in [0.15, 0.2) is 0 Å². The van der Waals surface area contributed by atoms with Crippen molar-refractivity contribution in [3.05, 3.63) is 91.0 Å². The van der Waals surface area contributed by atoms with Gasteiger partial charge in [0, 0.05) is 52.6 Å². The van der Waals surface area contributed by atoms with Crippen molar-refractivity contribution in [2.24, 2.45) is 0 Å². The second kappa shape index (κ2) is 13.1. The minimum Gasteiger partial charge on any atom is -0.275 e. The molecule has 0 amide bonds. The molecule has 3 aromatic rings. The van der Waals surface area contributed by atoms with E-state index < -0.39 is 0 Å². The molecule has 0 unspecified atom stereocenters. The summed E-state index contributed by atoms with van der Waals surface area (Å²) in [5.41, 5.74) is 0. The van der Waals surface area contributed by atoms with E-state index in [1.165, 1.54) is 88.4 Å². The van der Waals surface area contributed by atoms with Crippen LogP contribution in [0.2, 0.25) is 0 Å². The van der Waals surface area contributed by atoms with Gasteiger partial charge in [-0.3, -0.25) is 14.0 Å². The van der Waals surface area contributed by atoms with Crippen LogP contribution in [0.25, 0.3) is 0 Å². The lowest BCUT2D eigenvalue weighted by molar-refractivity contribution is 0.482. The highest BCUT2D eigenvalue weighted by atomic mass is 31.1. The number of hydrogen-bond donors (Lipinski definition) is 0. The number of nitrogens with zero attached hydrogens (tertiary/aromatic N) is 3. The van der Waals surface area contributed by atoms with E-state index in [0.29, 0.717) is 0 Å². The van der Waals surface area contributed by atoms with E-state index in [-0.39, 0.29) is 16.3 Å². The quantitative estimate of drug-likeness (QED) is 0.385. The molecule has 0 N–H and O–H groups in total. The average molecular weight is 504 g/mol. The Bertz CT molecular complexity index is 928. The summed E-state index contributed by atoms with van der Waals surface area (Å²) >= 11 is 0. The molecule has 35 heavy (non-hydrogen) atoms. The Morgan fingerprint density at radius 2 is 0.686 bits per heavy atom. The first-order valence-corrected chi connectivity index (χ1v) is 15.9. The van der Waals surface area contributed by atoms with Crippen LogP contribution in [-0.4, -0.2) is 53.3 Å². The van der Waals surface area contributed by atoms with Crippen molar-refractivity contribution in [2.45, 2.75) is 38.5 Å². The van der Waals surface area contributed by atoms with Gasteiger partial charge in [-0.05, 0) is 49.1 Å². The maximum Gasteiger partial charge on any atom is 0.0724 e. The summed E-state index contributed by atoms with van der Waals surface area (Å²) in [6.45, 7) is 7.70. The summed E-state index contributed by atoms with van der Waals surface area (Å²) in [6.07, 6.45) is 8.25. The molecule has 5 heteroatoms. The van der Waals surface area contributed by atoms with Crippen molar-refractivity contribution in [1.82, 2.24) is 14.0 Å². The van der Waals surface area contributed by atoms with E-state index in [0.717, 1.165) is 0 Å². The highest BCUT2D eigenvalue weighted by molar-refractivity contribution is 7.70. The van der Waals surface area contributed by atoms with Crippen LogP contribution in [0.5, 0.6) is 0 Å². The molecule has 0 saturated carbocycles. The molecule has 0 aliphatic carbocycles. The molecule has 184 valence electrons. The van der Waals surface area contributed by atoms with Crippen molar-refractivity contribution in [3.63, 3.8) is 0 Å². The molecule has 3 fully saturated rings. The van der Waals surface area contributed by atoms with Crippen LogP contribution in [0, 0.1) is 0 Å². The predicted molar refractivity (Wildman–Crippen MR) is 154 cm³/mol. The predicted octanol–water partition coefficient (Wildman–Crippen LogP) is 5.95. The normalized spacial score (nSPS) is 19.4. The van der Waals surface area contributed by atoms with Crippen molar-refractivity contribution < 1.29 is 0 Å². The Hall–Kier alpha value is -1.60. The first-order valence-electron chi connectivity index (χ1n) is 13.4. The topological polar surface area (TPSA) is 9.72 Å². The van der Waals surface area contributed by atoms with Gasteiger partial charge in [-0.2, -0.15) is 0 Å². The molecular weight excluding hydrogens is 464 g/mol. The third-order valence-corrected chi connectivity index (χ3v) is 12.2. The Labute approximate surface area is 214 Å². The van der Waals surface area contributed by atoms with Crippen LogP contribution >= 0.6 is 16.3 Å². The smallest absolute Gasteiger partial charge is 0.0724 e. The Morgan fingerprint density at radius 1 is 0.371 bits per heavy atom. The largest absolute Gasteiger partial charge is 0.275 e. The molecule has 3 nitrogen and oxygen atoms in total. The molecule has 3 aliphatic rings. The van der Waals surface area contributed by atoms with E-state index in [1.54, 1.807) is 5.30 Å². The second-order valence-corrected chi connectivity index (χ2v) is 14.0. The number of hydrogen-bond acceptors (Lipinski definition) is 3. The monoisotopic (exact) mass is 503 g/mol. The molecule has 6 rings (SSSR count). The van der Waals surface area contributed by atoms with Gasteiger partial charge in [-0.15, -0.1) is 0 Å². The highest BCUT2D eigenvalue weighted by Gasteiger charge is 2.30. The minimum atomic E-state index is -0.319. The zero-order valence-electron chi connectivity index (χ0n) is 20.9. The van der Waals surface area contributed by atoms with Crippen LogP contribution in [0.4, 0.5) is 0 Å². The van der Waals surface area contributed by atoms with Crippen LogP contribution in [0.1, 0.15) is 38.5 Å². The minimum absolute atomic E-state index is 0.191. The van der Waals surface area contributed by atoms with E-state index in [1.807, 2.05) is 0 Å². The van der Waals surface area contributed by atoms with Crippen molar-refractivity contribution >= 4 is 32.2 Å². The maximum atomic E-state index is 2.73. The number of rotatable bonds is 6. The van der Waals surface area contributed by atoms with Crippen molar-refractivity contribution in [3.8, 4) is 0 Å². The third-order valence-electron chi connectivity index (χ3n) is 7.05. The lowest BCUT2D eigenvalue weighted by Crippen LogP contribution is -2.30. The molecule has 3 saturated heterocycles. The van der Waals surface area contributed by atoms with Crippen molar-refractivity contribution in [2.75, 3.05) is 39.3 Å². The fraction of sp³-hybridized carbons (Fsp3) is 0.400. The maximum absolute atomic E-state index is 2.73. The fourth-order valence-corrected chi connectivity index (χ4v) is 10.7. The molecule has 3 aliphatic heterocycles. The zero-order chi connectivity index (χ0) is 23.7. The van der Waals surface area contributed by atoms with E-state index in [2.05, 4.69) is 105 Å². The van der Waals surface area contributed by atoms with Gasteiger partial charge in [0.25, 0.3) is 0 Å². The second-order valence-electron chi connectivity index (χ2n) is 9.59. The molecule has 3 heterocycles. The van der Waals surface area contributed by atoms with E-state index in [4.69, 9.17) is 0 Å². The molecule has 0 bridgehead atoms. The Morgan fingerprint density at radius 3 is 1.06 bits per heavy atom. The molecule has 0 aromatic heterocycles. The summed E-state index contributed by atoms with van der Waals surface area (Å²) in [5, 5.41) is 4.49. The molecule has 3 aromatic carbocycles. The van der Waals surface area contributed by atoms with Gasteiger partial charge in [0.1, 0.15) is 0 Å². The zero-order valence-corrected chi connectivity index (χ0v) is 22.7. The van der Waals surface area contributed by atoms with Crippen LogP contribution in [0.3, 0.4) is 0 Å². The lowest BCUT2D eigenvalue weighted by Gasteiger charge is -2.34. The SMILES string of the molecule is c1ccc(P(N2CCCC2)N2CCCC2)cc1.c1ccc(P(c2ccccc2)N2CCCC2)cc1. The third kappa shape index (κ3) is 6.59. The van der Waals surface area contributed by atoms with Crippen LogP contribution in [-0.2, 0) is 0 Å². The standard InChI is InChI=1S/C16H18NP.C14H21N2P/c1-3-9-15(10-4-1)18(17-13-7-8-14-17)16-11-5-2-6-12-16;1-2-8-14(9-3-1)17(15-10-4-5-11-15)16-12-6-7-13-16/h1-6,9-12H,7-8,13-14H2;1-3,8-9H,4-7,10-13H2. The van der Waals surface area contributed by atoms with Gasteiger partial charge in [0.2, 0.25) is 0 Å². The van der Waals surface area contributed by atoms with E-state index >= 15 is 0 Å². The van der Waals surface area contributed by atoms with Crippen LogP contribution < -0.4 is 15.9 Å².